The van der Waals surface area contributed by atoms with Gasteiger partial charge in [0.1, 0.15) is 11.5 Å². The maximum atomic E-state index is 12.9. The Morgan fingerprint density at radius 1 is 1.27 bits per heavy atom. The smallest absolute Gasteiger partial charge is 0.412 e. The third-order valence-electron chi connectivity index (χ3n) is 3.69. The van der Waals surface area contributed by atoms with Crippen molar-refractivity contribution in [2.45, 2.75) is 6.23 Å². The van der Waals surface area contributed by atoms with Crippen LogP contribution in [0.5, 0.6) is 0 Å². The lowest BCUT2D eigenvalue weighted by Crippen LogP contribution is -2.47. The van der Waals surface area contributed by atoms with Gasteiger partial charge in [-0.1, -0.05) is 11.6 Å². The van der Waals surface area contributed by atoms with Gasteiger partial charge in [-0.05, 0) is 12.1 Å². The van der Waals surface area contributed by atoms with Gasteiger partial charge in [-0.25, -0.2) is 19.7 Å². The van der Waals surface area contributed by atoms with Crippen LogP contribution in [0.2, 0.25) is 5.02 Å². The maximum Gasteiger partial charge on any atom is 0.412 e. The lowest BCUT2D eigenvalue weighted by atomic mass is 10.3. The average molecular weight is 379 g/mol. The van der Waals surface area contributed by atoms with Crippen molar-refractivity contribution in [3.8, 4) is 0 Å². The number of anilines is 1. The van der Waals surface area contributed by atoms with Crippen LogP contribution in [0.4, 0.5) is 10.6 Å². The highest BCUT2D eigenvalue weighted by Crippen LogP contribution is 2.35. The lowest BCUT2D eigenvalue weighted by molar-refractivity contribution is 0.0565. The molecule has 0 radical (unpaired) electrons. The molecule has 0 bridgehead atoms. The molecule has 0 saturated carbocycles. The predicted molar refractivity (Wildman–Crippen MR) is 91.8 cm³/mol. The van der Waals surface area contributed by atoms with Crippen molar-refractivity contribution in [2.24, 2.45) is 0 Å². The molecule has 2 amide bonds. The number of aromatic nitrogens is 3. The summed E-state index contributed by atoms with van der Waals surface area (Å²) in [4.78, 5) is 39.4. The molecule has 134 valence electrons. The van der Waals surface area contributed by atoms with E-state index in [4.69, 9.17) is 21.8 Å². The number of piperazine rings is 1. The Kier molecular flexibility index (Phi) is 3.31. The minimum Gasteiger partial charge on any atom is -0.419 e. The molecular formula is C16H15ClN6O3. The third-order valence-corrected chi connectivity index (χ3v) is 3.92. The summed E-state index contributed by atoms with van der Waals surface area (Å²) in [5, 5.41) is 2.93. The number of rotatable bonds is 2. The molecule has 1 fully saturated rings. The zero-order valence-corrected chi connectivity index (χ0v) is 14.0. The van der Waals surface area contributed by atoms with E-state index >= 15 is 0 Å². The molecule has 2 aromatic rings. The van der Waals surface area contributed by atoms with Crippen LogP contribution >= 0.6 is 11.6 Å². The Morgan fingerprint density at radius 3 is 2.77 bits per heavy atom. The van der Waals surface area contributed by atoms with Gasteiger partial charge in [-0.15, -0.1) is 0 Å². The van der Waals surface area contributed by atoms with Crippen molar-refractivity contribution in [3.05, 3.63) is 47.1 Å². The van der Waals surface area contributed by atoms with Crippen molar-refractivity contribution in [1.29, 1.82) is 0 Å². The van der Waals surface area contributed by atoms with Gasteiger partial charge in [0, 0.05) is 44.7 Å². The summed E-state index contributed by atoms with van der Waals surface area (Å²) in [6, 6.07) is 2.93. The first kappa shape index (κ1) is 12.6. The maximum absolute atomic E-state index is 12.9. The van der Waals surface area contributed by atoms with E-state index in [0.717, 1.165) is 4.90 Å². The van der Waals surface area contributed by atoms with E-state index in [0.29, 0.717) is 9.92 Å². The second kappa shape index (κ2) is 6.85. The number of pyridine rings is 1. The van der Waals surface area contributed by atoms with Gasteiger partial charge in [0.15, 0.2) is 5.69 Å². The number of carbonyl (C=O) groups is 2. The summed E-state index contributed by atoms with van der Waals surface area (Å²) >= 11 is 5.86. The summed E-state index contributed by atoms with van der Waals surface area (Å²) < 4.78 is 37.5. The fourth-order valence-corrected chi connectivity index (χ4v) is 2.66. The van der Waals surface area contributed by atoms with Crippen molar-refractivity contribution >= 4 is 29.4 Å². The topological polar surface area (TPSA) is 101 Å². The first-order valence-corrected chi connectivity index (χ1v) is 7.97. The van der Waals surface area contributed by atoms with Crippen LogP contribution in [-0.2, 0) is 4.74 Å². The highest BCUT2D eigenvalue weighted by molar-refractivity contribution is 6.30. The van der Waals surface area contributed by atoms with E-state index in [-0.39, 0.29) is 30.3 Å². The number of carbonyl (C=O) groups excluding carboxylic acids is 2. The molecule has 1 saturated heterocycles. The molecule has 0 spiro atoms. The van der Waals surface area contributed by atoms with Crippen LogP contribution in [0.25, 0.3) is 0 Å². The van der Waals surface area contributed by atoms with Gasteiger partial charge in [0.25, 0.3) is 5.91 Å². The summed E-state index contributed by atoms with van der Waals surface area (Å²) in [5.41, 5.74) is -0.0257. The fourth-order valence-electron chi connectivity index (χ4n) is 2.55. The number of hydrogen-bond acceptors (Lipinski definition) is 7. The molecule has 2 aliphatic heterocycles. The van der Waals surface area contributed by atoms with E-state index in [1.807, 2.05) is 0 Å². The van der Waals surface area contributed by atoms with Crippen molar-refractivity contribution < 1.29 is 19.8 Å². The minimum absolute atomic E-state index is 0.0313. The van der Waals surface area contributed by atoms with Crippen LogP contribution in [-0.4, -0.2) is 57.9 Å². The van der Waals surface area contributed by atoms with Gasteiger partial charge in [0.2, 0.25) is 6.23 Å². The largest absolute Gasteiger partial charge is 0.419 e. The molecule has 2 aliphatic rings. The number of hydrogen-bond donors (Lipinski definition) is 1. The zero-order chi connectivity index (χ0) is 21.7. The molecule has 1 atom stereocenters. The normalized spacial score (nSPS) is 25.6. The number of halogens is 1. The number of nitrogens with one attached hydrogen (secondary N) is 1. The van der Waals surface area contributed by atoms with E-state index in [9.17, 15) is 9.59 Å². The van der Waals surface area contributed by atoms with E-state index in [2.05, 4.69) is 20.3 Å². The first-order chi connectivity index (χ1) is 14.1. The first-order valence-electron chi connectivity index (χ1n) is 9.59. The SMILES string of the molecule is [2H]C1([2H])CNCC([2H])([2H])N1C(=O)O[C@H]1c2nccnc2C(=O)N1c1ccc(Cl)cn1. The van der Waals surface area contributed by atoms with E-state index < -0.39 is 31.2 Å². The number of fused-ring (bicyclic) bond motifs is 1. The van der Waals surface area contributed by atoms with Gasteiger partial charge >= 0.3 is 6.09 Å². The van der Waals surface area contributed by atoms with E-state index in [1.165, 1.54) is 30.7 Å². The van der Waals surface area contributed by atoms with Crippen molar-refractivity contribution in [3.63, 3.8) is 0 Å². The molecule has 1 N–H and O–H groups in total. The molecule has 26 heavy (non-hydrogen) atoms. The molecule has 4 heterocycles. The third kappa shape index (κ3) is 2.95. The molecule has 0 unspecified atom stereocenters. The quantitative estimate of drug-likeness (QED) is 0.838. The van der Waals surface area contributed by atoms with Gasteiger partial charge in [-0.3, -0.25) is 9.78 Å². The van der Waals surface area contributed by atoms with Gasteiger partial charge in [0.05, 0.1) is 10.5 Å². The Labute approximate surface area is 159 Å². The van der Waals surface area contributed by atoms with Crippen molar-refractivity contribution in [1.82, 2.24) is 25.2 Å². The summed E-state index contributed by atoms with van der Waals surface area (Å²) in [6.07, 6.45) is 1.22. The molecular weight excluding hydrogens is 360 g/mol. The summed E-state index contributed by atoms with van der Waals surface area (Å²) in [6.45, 7) is -5.31. The Morgan fingerprint density at radius 2 is 2.04 bits per heavy atom. The summed E-state index contributed by atoms with van der Waals surface area (Å²) in [7, 11) is 0. The zero-order valence-electron chi connectivity index (χ0n) is 17.2. The number of nitrogens with zero attached hydrogens (tertiary/aromatic N) is 5. The Bertz CT molecular complexity index is 993. The molecule has 2 aromatic heterocycles. The average Bonchev–Trinajstić information content (AvgIpc) is 2.93. The fraction of sp³-hybridized carbons (Fsp3) is 0.312. The molecule has 9 nitrogen and oxygen atoms in total. The molecule has 10 heteroatoms. The Balaban J connectivity index is 1.72. The Hall–Kier alpha value is -2.78. The van der Waals surface area contributed by atoms with Crippen LogP contribution in [0.1, 0.15) is 27.9 Å². The molecule has 0 aliphatic carbocycles. The second-order valence-corrected chi connectivity index (χ2v) is 5.73. The van der Waals surface area contributed by atoms with Crippen LogP contribution in [0, 0.1) is 0 Å². The second-order valence-electron chi connectivity index (χ2n) is 5.29. The van der Waals surface area contributed by atoms with Crippen LogP contribution in [0.15, 0.2) is 30.7 Å². The lowest BCUT2D eigenvalue weighted by Gasteiger charge is -2.30. The van der Waals surface area contributed by atoms with Crippen LogP contribution in [0.3, 0.4) is 0 Å². The number of amides is 2. The predicted octanol–water partition coefficient (Wildman–Crippen LogP) is 1.23. The molecule has 0 aromatic carbocycles. The van der Waals surface area contributed by atoms with Crippen molar-refractivity contribution in [2.75, 3.05) is 31.0 Å². The minimum atomic E-state index is -2.37. The van der Waals surface area contributed by atoms with Crippen LogP contribution < -0.4 is 10.2 Å². The highest BCUT2D eigenvalue weighted by Gasteiger charge is 2.44. The molecule has 4 rings (SSSR count). The van der Waals surface area contributed by atoms with E-state index in [1.54, 1.807) is 0 Å². The summed E-state index contributed by atoms with van der Waals surface area (Å²) in [5.74, 6) is -0.523. The van der Waals surface area contributed by atoms with Gasteiger partial charge < -0.3 is 15.0 Å². The van der Waals surface area contributed by atoms with Gasteiger partial charge in [-0.2, -0.15) is 0 Å². The monoisotopic (exact) mass is 378 g/mol. The highest BCUT2D eigenvalue weighted by atomic mass is 35.5. The number of ether oxygens (including phenoxy) is 1. The standard InChI is InChI=1S/C16H15ClN6O3/c17-10-1-2-11(21-9-10)23-14(24)12-13(20-4-3-19-12)15(23)26-16(25)22-7-5-18-6-8-22/h1-4,9,15,18H,5-8H2/t15-/m0/s1/i7D2,8D2.